The molecule has 1 aromatic carbocycles. The van der Waals surface area contributed by atoms with Gasteiger partial charge >= 0.3 is 6.18 Å². The summed E-state index contributed by atoms with van der Waals surface area (Å²) in [5.41, 5.74) is 0.884. The monoisotopic (exact) mass is 353 g/mol. The molecule has 0 N–H and O–H groups in total. The molecule has 1 saturated heterocycles. The summed E-state index contributed by atoms with van der Waals surface area (Å²) >= 11 is 1.65. The van der Waals surface area contributed by atoms with E-state index < -0.39 is 11.7 Å². The maximum Gasteiger partial charge on any atom is 0.416 e. The smallest absolute Gasteiger partial charge is 0.298 e. The lowest BCUT2D eigenvalue weighted by Crippen LogP contribution is -2.38. The molecule has 0 aliphatic carbocycles. The summed E-state index contributed by atoms with van der Waals surface area (Å²) < 4.78 is 37.8. The quantitative estimate of drug-likeness (QED) is 0.732. The number of piperidine rings is 1. The largest absolute Gasteiger partial charge is 0.416 e. The van der Waals surface area contributed by atoms with Crippen molar-refractivity contribution >= 4 is 17.1 Å². The summed E-state index contributed by atoms with van der Waals surface area (Å²) in [7, 11) is 0. The van der Waals surface area contributed by atoms with Crippen molar-refractivity contribution in [2.24, 2.45) is 5.92 Å². The lowest BCUT2D eigenvalue weighted by molar-refractivity contribution is -0.137. The van der Waals surface area contributed by atoms with Gasteiger partial charge < -0.3 is 0 Å². The minimum absolute atomic E-state index is 0.0567. The molecule has 24 heavy (non-hydrogen) atoms. The Morgan fingerprint density at radius 3 is 2.58 bits per heavy atom. The van der Waals surface area contributed by atoms with Crippen molar-refractivity contribution in [1.29, 1.82) is 0 Å². The fourth-order valence-electron chi connectivity index (χ4n) is 3.11. The first-order valence-electron chi connectivity index (χ1n) is 7.88. The summed E-state index contributed by atoms with van der Waals surface area (Å²) in [6, 6.07) is 6.64. The Morgan fingerprint density at radius 1 is 1.21 bits per heavy atom. The van der Waals surface area contributed by atoms with Crippen molar-refractivity contribution in [2.45, 2.75) is 25.6 Å². The molecule has 0 saturated carbocycles. The molecule has 6 heteroatoms. The zero-order chi connectivity index (χ0) is 17.2. The molecule has 128 valence electrons. The summed E-state index contributed by atoms with van der Waals surface area (Å²) in [6.45, 7) is 2.43. The third-order valence-electron chi connectivity index (χ3n) is 4.36. The van der Waals surface area contributed by atoms with Crippen molar-refractivity contribution in [3.8, 4) is 0 Å². The second kappa shape index (κ2) is 7.07. The van der Waals surface area contributed by atoms with Gasteiger partial charge in [-0.25, -0.2) is 0 Å². The number of carbonyl (C=O) groups excluding carboxylic acids is 1. The predicted octanol–water partition coefficient (Wildman–Crippen LogP) is 4.86. The summed E-state index contributed by atoms with van der Waals surface area (Å²) in [4.78, 5) is 14.9. The molecule has 2 aromatic rings. The molecule has 1 aliphatic heterocycles. The number of ketones is 1. The van der Waals surface area contributed by atoms with Gasteiger partial charge in [0, 0.05) is 24.6 Å². The van der Waals surface area contributed by atoms with Crippen LogP contribution in [-0.2, 0) is 12.7 Å². The van der Waals surface area contributed by atoms with Gasteiger partial charge in [0.1, 0.15) is 0 Å². The van der Waals surface area contributed by atoms with Crippen LogP contribution in [0, 0.1) is 5.92 Å². The van der Waals surface area contributed by atoms with E-state index in [1.165, 1.54) is 17.7 Å². The third-order valence-corrected chi connectivity index (χ3v) is 5.09. The Kier molecular flexibility index (Phi) is 5.06. The highest BCUT2D eigenvalue weighted by Gasteiger charge is 2.31. The number of alkyl halides is 3. The Balaban J connectivity index is 1.65. The zero-order valence-electron chi connectivity index (χ0n) is 13.1. The Bertz CT molecular complexity index is 679. The standard InChI is InChI=1S/C18H18F3NOS/c19-18(20,21)16-5-3-14(4-6-16)17(23)15-2-1-8-22(11-15)10-13-7-9-24-12-13/h3-7,9,12,15H,1-2,8,10-11H2. The zero-order valence-corrected chi connectivity index (χ0v) is 13.9. The Labute approximate surface area is 142 Å². The van der Waals surface area contributed by atoms with E-state index in [0.717, 1.165) is 38.1 Å². The first kappa shape index (κ1) is 17.2. The molecule has 1 aliphatic rings. The van der Waals surface area contributed by atoms with E-state index in [4.69, 9.17) is 0 Å². The highest BCUT2D eigenvalue weighted by Crippen LogP contribution is 2.30. The van der Waals surface area contributed by atoms with Gasteiger partial charge in [-0.15, -0.1) is 0 Å². The van der Waals surface area contributed by atoms with Crippen LogP contribution in [0.1, 0.15) is 34.3 Å². The Morgan fingerprint density at radius 2 is 1.96 bits per heavy atom. The molecular formula is C18H18F3NOS. The van der Waals surface area contributed by atoms with Crippen molar-refractivity contribution in [1.82, 2.24) is 4.90 Å². The lowest BCUT2D eigenvalue weighted by Gasteiger charge is -2.31. The van der Waals surface area contributed by atoms with E-state index in [0.29, 0.717) is 12.1 Å². The van der Waals surface area contributed by atoms with Crippen LogP contribution in [-0.4, -0.2) is 23.8 Å². The van der Waals surface area contributed by atoms with E-state index in [1.54, 1.807) is 11.3 Å². The van der Waals surface area contributed by atoms with Crippen molar-refractivity contribution in [3.05, 3.63) is 57.8 Å². The molecule has 2 nitrogen and oxygen atoms in total. The van der Waals surface area contributed by atoms with Crippen LogP contribution in [0.3, 0.4) is 0 Å². The minimum atomic E-state index is -4.37. The predicted molar refractivity (Wildman–Crippen MR) is 88.1 cm³/mol. The summed E-state index contributed by atoms with van der Waals surface area (Å²) in [6.07, 6.45) is -2.65. The number of rotatable bonds is 4. The van der Waals surface area contributed by atoms with E-state index in [2.05, 4.69) is 16.3 Å². The van der Waals surface area contributed by atoms with Crippen LogP contribution in [0.4, 0.5) is 13.2 Å². The molecule has 0 bridgehead atoms. The second-order valence-electron chi connectivity index (χ2n) is 6.15. The van der Waals surface area contributed by atoms with Gasteiger partial charge in [-0.1, -0.05) is 12.1 Å². The number of hydrogen-bond acceptors (Lipinski definition) is 3. The lowest BCUT2D eigenvalue weighted by atomic mass is 9.89. The number of benzene rings is 1. The van der Waals surface area contributed by atoms with Crippen LogP contribution in [0.2, 0.25) is 0 Å². The third kappa shape index (κ3) is 4.05. The maximum atomic E-state index is 12.6. The van der Waals surface area contributed by atoms with Crippen LogP contribution < -0.4 is 0 Å². The Hall–Kier alpha value is -1.66. The average Bonchev–Trinajstić information content (AvgIpc) is 3.07. The molecule has 2 heterocycles. The normalized spacial score (nSPS) is 19.4. The number of hydrogen-bond donors (Lipinski definition) is 0. The number of carbonyl (C=O) groups is 1. The molecule has 1 aromatic heterocycles. The molecule has 0 amide bonds. The molecule has 1 atom stereocenters. The molecule has 0 radical (unpaired) electrons. The van der Waals surface area contributed by atoms with Crippen molar-refractivity contribution in [2.75, 3.05) is 13.1 Å². The minimum Gasteiger partial charge on any atom is -0.298 e. The molecule has 0 spiro atoms. The summed E-state index contributed by atoms with van der Waals surface area (Å²) in [5.74, 6) is -0.201. The maximum absolute atomic E-state index is 12.6. The van der Waals surface area contributed by atoms with Gasteiger partial charge in [0.05, 0.1) is 5.56 Å². The van der Waals surface area contributed by atoms with Crippen molar-refractivity contribution in [3.63, 3.8) is 0 Å². The average molecular weight is 353 g/mol. The van der Waals surface area contributed by atoms with Crippen LogP contribution in [0.25, 0.3) is 0 Å². The molecule has 3 rings (SSSR count). The van der Waals surface area contributed by atoms with E-state index in [-0.39, 0.29) is 11.7 Å². The van der Waals surface area contributed by atoms with Crippen LogP contribution >= 0.6 is 11.3 Å². The van der Waals surface area contributed by atoms with Gasteiger partial charge in [-0.05, 0) is 53.9 Å². The highest BCUT2D eigenvalue weighted by atomic mass is 32.1. The first-order valence-corrected chi connectivity index (χ1v) is 8.82. The van der Waals surface area contributed by atoms with Crippen molar-refractivity contribution < 1.29 is 18.0 Å². The SMILES string of the molecule is O=C(c1ccc(C(F)(F)F)cc1)C1CCCN(Cc2ccsc2)C1. The van der Waals surface area contributed by atoms with E-state index >= 15 is 0 Å². The second-order valence-corrected chi connectivity index (χ2v) is 6.93. The first-order chi connectivity index (χ1) is 11.4. The van der Waals surface area contributed by atoms with Crippen LogP contribution in [0.5, 0.6) is 0 Å². The highest BCUT2D eigenvalue weighted by molar-refractivity contribution is 7.07. The summed E-state index contributed by atoms with van der Waals surface area (Å²) in [5, 5.41) is 4.13. The van der Waals surface area contributed by atoms with Gasteiger partial charge in [-0.2, -0.15) is 24.5 Å². The fourth-order valence-corrected chi connectivity index (χ4v) is 3.77. The molecule has 1 fully saturated rings. The van der Waals surface area contributed by atoms with E-state index in [9.17, 15) is 18.0 Å². The number of nitrogens with zero attached hydrogens (tertiary/aromatic N) is 1. The number of thiophene rings is 1. The van der Waals surface area contributed by atoms with Gasteiger partial charge in [0.25, 0.3) is 0 Å². The van der Waals surface area contributed by atoms with E-state index in [1.807, 2.05) is 5.38 Å². The van der Waals surface area contributed by atoms with Gasteiger partial charge in [-0.3, -0.25) is 9.69 Å². The van der Waals surface area contributed by atoms with Gasteiger partial charge in [0.2, 0.25) is 0 Å². The fraction of sp³-hybridized carbons (Fsp3) is 0.389. The number of likely N-dealkylation sites (tertiary alicyclic amines) is 1. The number of Topliss-reactive ketones (excluding diaryl/α,β-unsaturated/α-hetero) is 1. The van der Waals surface area contributed by atoms with Crippen LogP contribution in [0.15, 0.2) is 41.1 Å². The van der Waals surface area contributed by atoms with Gasteiger partial charge in [0.15, 0.2) is 5.78 Å². The molecular weight excluding hydrogens is 335 g/mol. The molecule has 1 unspecified atom stereocenters. The topological polar surface area (TPSA) is 20.3 Å². The number of halogens is 3.